The summed E-state index contributed by atoms with van der Waals surface area (Å²) in [7, 11) is 0. The number of hydrogen-bond donors (Lipinski definition) is 0. The molecule has 4 nitrogen and oxygen atoms in total. The first-order valence-electron chi connectivity index (χ1n) is 9.37. The minimum atomic E-state index is -0.373. The van der Waals surface area contributed by atoms with Crippen LogP contribution >= 0.6 is 11.3 Å². The zero-order chi connectivity index (χ0) is 19.3. The zero-order valence-electron chi connectivity index (χ0n) is 15.4. The largest absolute Gasteiger partial charge is 0.269 e. The molecule has 138 valence electrons. The maximum Gasteiger partial charge on any atom is 0.269 e. The molecule has 0 N–H and O–H groups in total. The summed E-state index contributed by atoms with van der Waals surface area (Å²) in [6.45, 7) is 2.09. The molecule has 5 rings (SSSR count). The summed E-state index contributed by atoms with van der Waals surface area (Å²) in [5.41, 5.74) is 6.94. The Morgan fingerprint density at radius 3 is 2.43 bits per heavy atom. The lowest BCUT2D eigenvalue weighted by Gasteiger charge is -2.10. The Morgan fingerprint density at radius 1 is 1.00 bits per heavy atom. The van der Waals surface area contributed by atoms with E-state index < -0.39 is 0 Å². The summed E-state index contributed by atoms with van der Waals surface area (Å²) in [5, 5.41) is 12.2. The summed E-state index contributed by atoms with van der Waals surface area (Å²) >= 11 is 1.80. The van der Waals surface area contributed by atoms with Crippen LogP contribution in [0.5, 0.6) is 0 Å². The lowest BCUT2D eigenvalue weighted by atomic mass is 9.97. The maximum absolute atomic E-state index is 11.0. The van der Waals surface area contributed by atoms with E-state index in [2.05, 4.69) is 37.3 Å². The van der Waals surface area contributed by atoms with Gasteiger partial charge < -0.3 is 0 Å². The van der Waals surface area contributed by atoms with Crippen LogP contribution in [0.4, 0.5) is 5.69 Å². The van der Waals surface area contributed by atoms with Crippen LogP contribution in [0.1, 0.15) is 22.4 Å². The van der Waals surface area contributed by atoms with E-state index in [4.69, 9.17) is 4.98 Å². The fraction of sp³-hybridized carbons (Fsp3) is 0.174. The van der Waals surface area contributed by atoms with Crippen LogP contribution in [0.3, 0.4) is 0 Å². The topological polar surface area (TPSA) is 56.0 Å². The first-order chi connectivity index (χ1) is 13.6. The van der Waals surface area contributed by atoms with E-state index in [1.54, 1.807) is 35.6 Å². The number of hydrogen-bond acceptors (Lipinski definition) is 4. The molecule has 28 heavy (non-hydrogen) atoms. The van der Waals surface area contributed by atoms with Crippen molar-refractivity contribution in [1.29, 1.82) is 0 Å². The van der Waals surface area contributed by atoms with E-state index in [0.29, 0.717) is 0 Å². The third-order valence-corrected chi connectivity index (χ3v) is 6.60. The van der Waals surface area contributed by atoms with Crippen molar-refractivity contribution in [2.45, 2.75) is 26.2 Å². The second kappa shape index (κ2) is 6.53. The first kappa shape index (κ1) is 17.1. The van der Waals surface area contributed by atoms with Gasteiger partial charge in [0.2, 0.25) is 0 Å². The number of benzene rings is 2. The van der Waals surface area contributed by atoms with Crippen molar-refractivity contribution in [1.82, 2.24) is 4.98 Å². The van der Waals surface area contributed by atoms with Gasteiger partial charge in [0.05, 0.1) is 10.6 Å². The van der Waals surface area contributed by atoms with Gasteiger partial charge in [0, 0.05) is 28.0 Å². The summed E-state index contributed by atoms with van der Waals surface area (Å²) in [4.78, 5) is 18.0. The van der Waals surface area contributed by atoms with Crippen molar-refractivity contribution in [3.05, 3.63) is 80.7 Å². The Morgan fingerprint density at radius 2 is 1.71 bits per heavy atom. The van der Waals surface area contributed by atoms with Gasteiger partial charge >= 0.3 is 0 Å². The van der Waals surface area contributed by atoms with Crippen LogP contribution in [0.15, 0.2) is 54.6 Å². The smallest absolute Gasteiger partial charge is 0.258 e. The number of non-ortho nitro benzene ring substituents is 1. The summed E-state index contributed by atoms with van der Waals surface area (Å²) in [6.07, 6.45) is 3.47. The molecule has 2 aromatic carbocycles. The highest BCUT2D eigenvalue weighted by Crippen LogP contribution is 2.43. The molecule has 0 aliphatic heterocycles. The Hall–Kier alpha value is -3.05. The second-order valence-electron chi connectivity index (χ2n) is 7.26. The van der Waals surface area contributed by atoms with Gasteiger partial charge in [0.1, 0.15) is 4.83 Å². The molecule has 1 aliphatic rings. The molecule has 0 fully saturated rings. The van der Waals surface area contributed by atoms with Crippen LogP contribution in [-0.2, 0) is 12.8 Å². The Bertz CT molecular complexity index is 1210. The van der Waals surface area contributed by atoms with Crippen LogP contribution in [0, 0.1) is 17.0 Å². The van der Waals surface area contributed by atoms with Crippen molar-refractivity contribution in [2.75, 3.05) is 0 Å². The normalized spacial score (nSPS) is 13.0. The lowest BCUT2D eigenvalue weighted by Crippen LogP contribution is -1.91. The molecule has 0 spiro atoms. The molecule has 0 bridgehead atoms. The van der Waals surface area contributed by atoms with Gasteiger partial charge in [-0.2, -0.15) is 0 Å². The van der Waals surface area contributed by atoms with E-state index in [1.807, 2.05) is 0 Å². The highest BCUT2D eigenvalue weighted by atomic mass is 32.1. The molecule has 0 saturated heterocycles. The minimum absolute atomic E-state index is 0.0960. The van der Waals surface area contributed by atoms with Crippen LogP contribution < -0.4 is 0 Å². The van der Waals surface area contributed by atoms with Crippen molar-refractivity contribution < 1.29 is 4.92 Å². The van der Waals surface area contributed by atoms with Crippen LogP contribution in [-0.4, -0.2) is 9.91 Å². The number of thiophene rings is 1. The number of pyridine rings is 1. The number of nitro groups is 1. The molecule has 2 aromatic heterocycles. The average Bonchev–Trinajstić information content (AvgIpc) is 3.29. The van der Waals surface area contributed by atoms with Gasteiger partial charge in [0.25, 0.3) is 5.69 Å². The highest BCUT2D eigenvalue weighted by Gasteiger charge is 2.22. The molecule has 0 saturated carbocycles. The quantitative estimate of drug-likeness (QED) is 0.305. The average molecular weight is 386 g/mol. The third kappa shape index (κ3) is 2.79. The molecule has 0 amide bonds. The zero-order valence-corrected chi connectivity index (χ0v) is 16.3. The van der Waals surface area contributed by atoms with Gasteiger partial charge in [0.15, 0.2) is 0 Å². The van der Waals surface area contributed by atoms with Gasteiger partial charge in [-0.1, -0.05) is 29.8 Å². The maximum atomic E-state index is 11.0. The second-order valence-corrected chi connectivity index (χ2v) is 8.35. The molecule has 0 radical (unpaired) electrons. The Labute approximate surface area is 166 Å². The van der Waals surface area contributed by atoms with Crippen LogP contribution in [0.2, 0.25) is 0 Å². The van der Waals surface area contributed by atoms with E-state index in [-0.39, 0.29) is 10.6 Å². The number of nitro benzene ring substituents is 1. The van der Waals surface area contributed by atoms with Crippen molar-refractivity contribution in [3.8, 4) is 22.4 Å². The van der Waals surface area contributed by atoms with Crippen molar-refractivity contribution in [2.24, 2.45) is 0 Å². The summed E-state index contributed by atoms with van der Waals surface area (Å²) in [6, 6.07) is 17.4. The molecular formula is C23H18N2O2S. The lowest BCUT2D eigenvalue weighted by molar-refractivity contribution is -0.384. The molecule has 5 heteroatoms. The third-order valence-electron chi connectivity index (χ3n) is 5.41. The number of nitrogens with zero attached hydrogens (tertiary/aromatic N) is 2. The minimum Gasteiger partial charge on any atom is -0.258 e. The molecule has 0 atom stereocenters. The summed E-state index contributed by atoms with van der Waals surface area (Å²) in [5.74, 6) is 0. The van der Waals surface area contributed by atoms with E-state index in [0.717, 1.165) is 28.9 Å². The molecule has 1 aliphatic carbocycles. The van der Waals surface area contributed by atoms with Crippen molar-refractivity contribution in [3.63, 3.8) is 0 Å². The SMILES string of the molecule is Cc1ccc(-c2cc(-c3ccc([N+](=O)[O-])cc3)nc3sc4c(c23)CCC4)cc1. The molecule has 4 aromatic rings. The fourth-order valence-corrected chi connectivity index (χ4v) is 5.25. The first-order valence-corrected chi connectivity index (χ1v) is 10.2. The molecule has 0 unspecified atom stereocenters. The predicted octanol–water partition coefficient (Wildman–Crippen LogP) is 6.34. The number of fused-ring (bicyclic) bond motifs is 3. The number of aromatic nitrogens is 1. The van der Waals surface area contributed by atoms with E-state index in [1.165, 1.54) is 38.9 Å². The van der Waals surface area contributed by atoms with Gasteiger partial charge in [-0.15, -0.1) is 11.3 Å². The number of aryl methyl sites for hydroxylation is 3. The van der Waals surface area contributed by atoms with Crippen molar-refractivity contribution >= 4 is 27.2 Å². The Kier molecular flexibility index (Phi) is 3.98. The molecular weight excluding hydrogens is 368 g/mol. The van der Waals surface area contributed by atoms with Gasteiger partial charge in [-0.25, -0.2) is 4.98 Å². The van der Waals surface area contributed by atoms with Crippen LogP contribution in [0.25, 0.3) is 32.6 Å². The van der Waals surface area contributed by atoms with E-state index >= 15 is 0 Å². The van der Waals surface area contributed by atoms with E-state index in [9.17, 15) is 10.1 Å². The van der Waals surface area contributed by atoms with Gasteiger partial charge in [-0.05, 0) is 61.1 Å². The Balaban J connectivity index is 1.73. The standard InChI is InChI=1S/C23H18N2O2S/c1-14-5-7-15(8-6-14)19-13-20(16-9-11-17(12-10-16)25(26)27)24-23-22(19)18-3-2-4-21(18)28-23/h5-13H,2-4H2,1H3. The monoisotopic (exact) mass is 386 g/mol. The highest BCUT2D eigenvalue weighted by molar-refractivity contribution is 7.19. The van der Waals surface area contributed by atoms with Gasteiger partial charge in [-0.3, -0.25) is 10.1 Å². The predicted molar refractivity (Wildman–Crippen MR) is 114 cm³/mol. The fourth-order valence-electron chi connectivity index (χ4n) is 3.96. The summed E-state index contributed by atoms with van der Waals surface area (Å²) < 4.78 is 0. The number of rotatable bonds is 3. The molecule has 2 heterocycles.